The van der Waals surface area contributed by atoms with Crippen LogP contribution in [0.25, 0.3) is 5.69 Å². The maximum absolute atomic E-state index is 13.6. The predicted molar refractivity (Wildman–Crippen MR) is 147 cm³/mol. The summed E-state index contributed by atoms with van der Waals surface area (Å²) in [6, 6.07) is 18.5. The molecule has 198 valence electrons. The van der Waals surface area contributed by atoms with Crippen LogP contribution in [0, 0.1) is 0 Å². The molecule has 37 heavy (non-hydrogen) atoms. The Morgan fingerprint density at radius 2 is 1.59 bits per heavy atom. The highest BCUT2D eigenvalue weighted by atomic mass is 32.2. The number of rotatable bonds is 11. The van der Waals surface area contributed by atoms with Gasteiger partial charge in [0.05, 0.1) is 23.7 Å². The second-order valence-electron chi connectivity index (χ2n) is 9.46. The molecule has 1 aliphatic heterocycles. The number of anilines is 1. The fourth-order valence-electron chi connectivity index (χ4n) is 4.54. The van der Waals surface area contributed by atoms with Crippen LogP contribution >= 0.6 is 0 Å². The normalized spacial score (nSPS) is 15.5. The Hall–Kier alpha value is -3.17. The number of sulfonamides is 1. The molecule has 0 aliphatic carbocycles. The van der Waals surface area contributed by atoms with E-state index < -0.39 is 10.0 Å². The van der Waals surface area contributed by atoms with Gasteiger partial charge in [-0.2, -0.15) is 14.1 Å². The van der Waals surface area contributed by atoms with Crippen molar-refractivity contribution in [2.45, 2.75) is 51.4 Å². The highest BCUT2D eigenvalue weighted by Gasteiger charge is 2.30. The lowest BCUT2D eigenvalue weighted by Crippen LogP contribution is -2.49. The van der Waals surface area contributed by atoms with Crippen LogP contribution in [0.3, 0.4) is 0 Å². The Balaban J connectivity index is 1.54. The van der Waals surface area contributed by atoms with Gasteiger partial charge in [0.25, 0.3) is 0 Å². The van der Waals surface area contributed by atoms with Gasteiger partial charge in [-0.15, -0.1) is 0 Å². The first-order valence-corrected chi connectivity index (χ1v) is 14.6. The Labute approximate surface area is 219 Å². The minimum atomic E-state index is -3.44. The molecule has 0 saturated carbocycles. The molecule has 0 radical (unpaired) electrons. The third-order valence-corrected chi connectivity index (χ3v) is 8.46. The highest BCUT2D eigenvalue weighted by molar-refractivity contribution is 7.88. The summed E-state index contributed by atoms with van der Waals surface area (Å²) in [5, 5.41) is 4.44. The number of hydrogen-bond donors (Lipinski definition) is 0. The number of ether oxygens (including phenoxy) is 1. The van der Waals surface area contributed by atoms with Crippen molar-refractivity contribution >= 4 is 15.7 Å². The summed E-state index contributed by atoms with van der Waals surface area (Å²) in [7, 11) is -3.44. The minimum absolute atomic E-state index is 0.0217. The monoisotopic (exact) mass is 524 g/mol. The average molecular weight is 525 g/mol. The van der Waals surface area contributed by atoms with E-state index in [9.17, 15) is 13.2 Å². The first-order chi connectivity index (χ1) is 17.9. The molecule has 1 aromatic heterocycles. The number of piperazine rings is 1. The Bertz CT molecular complexity index is 1310. The molecular formula is C28H36N4O4S. The standard InChI is InChI=1S/C28H36N4O4S/c1-3-4-7-12-23(2)36-27-26(21-29-32(28(27)33)25-15-10-6-11-16-25)30-17-19-31(20-18-30)37(34,35)22-24-13-8-5-9-14-24/h5-6,8-11,13-16,21,23H,3-4,7,12,17-20,22H2,1-2H3. The van der Waals surface area contributed by atoms with E-state index in [1.54, 1.807) is 6.20 Å². The van der Waals surface area contributed by atoms with Gasteiger partial charge in [-0.3, -0.25) is 4.79 Å². The van der Waals surface area contributed by atoms with Crippen molar-refractivity contribution in [1.29, 1.82) is 0 Å². The maximum atomic E-state index is 13.6. The van der Waals surface area contributed by atoms with Crippen LogP contribution in [-0.4, -0.2) is 54.8 Å². The van der Waals surface area contributed by atoms with E-state index in [1.165, 1.54) is 8.99 Å². The number of nitrogens with zero attached hydrogens (tertiary/aromatic N) is 4. The minimum Gasteiger partial charge on any atom is -0.483 e. The lowest BCUT2D eigenvalue weighted by atomic mass is 10.1. The number of aromatic nitrogens is 2. The third kappa shape index (κ3) is 6.78. The number of hydrogen-bond acceptors (Lipinski definition) is 6. The summed E-state index contributed by atoms with van der Waals surface area (Å²) in [4.78, 5) is 15.6. The van der Waals surface area contributed by atoms with Crippen LogP contribution in [0.1, 0.15) is 45.1 Å². The first-order valence-electron chi connectivity index (χ1n) is 13.0. The molecule has 0 bridgehead atoms. The second kappa shape index (κ2) is 12.4. The Kier molecular flexibility index (Phi) is 9.00. The molecule has 8 nitrogen and oxygen atoms in total. The molecule has 2 heterocycles. The van der Waals surface area contributed by atoms with Gasteiger partial charge in [0.2, 0.25) is 15.8 Å². The van der Waals surface area contributed by atoms with E-state index in [2.05, 4.69) is 12.0 Å². The van der Waals surface area contributed by atoms with Crippen LogP contribution in [0.4, 0.5) is 5.69 Å². The van der Waals surface area contributed by atoms with Gasteiger partial charge in [-0.1, -0.05) is 68.3 Å². The zero-order chi connectivity index (χ0) is 26.3. The SMILES string of the molecule is CCCCCC(C)Oc1c(N2CCN(S(=O)(=O)Cc3ccccc3)CC2)cnn(-c2ccccc2)c1=O. The van der Waals surface area contributed by atoms with Gasteiger partial charge in [-0.25, -0.2) is 8.42 Å². The zero-order valence-corrected chi connectivity index (χ0v) is 22.4. The lowest BCUT2D eigenvalue weighted by Gasteiger charge is -2.36. The average Bonchev–Trinajstić information content (AvgIpc) is 2.91. The number of para-hydroxylation sites is 1. The third-order valence-electron chi connectivity index (χ3n) is 6.61. The molecule has 3 aromatic rings. The van der Waals surface area contributed by atoms with Crippen LogP contribution in [0.2, 0.25) is 0 Å². The lowest BCUT2D eigenvalue weighted by molar-refractivity contribution is 0.202. The molecule has 0 spiro atoms. The van der Waals surface area contributed by atoms with Crippen molar-refractivity contribution < 1.29 is 13.2 Å². The topological polar surface area (TPSA) is 84.7 Å². The molecule has 1 atom stereocenters. The summed E-state index contributed by atoms with van der Waals surface area (Å²) in [5.41, 5.74) is 1.73. The summed E-state index contributed by atoms with van der Waals surface area (Å²) in [5.74, 6) is 0.245. The quantitative estimate of drug-likeness (QED) is 0.349. The van der Waals surface area contributed by atoms with Gasteiger partial charge in [0, 0.05) is 26.2 Å². The largest absolute Gasteiger partial charge is 0.483 e. The van der Waals surface area contributed by atoms with E-state index in [1.807, 2.05) is 72.5 Å². The zero-order valence-electron chi connectivity index (χ0n) is 21.6. The van der Waals surface area contributed by atoms with E-state index >= 15 is 0 Å². The van der Waals surface area contributed by atoms with Crippen LogP contribution in [0.15, 0.2) is 71.7 Å². The Morgan fingerprint density at radius 3 is 2.24 bits per heavy atom. The summed E-state index contributed by atoms with van der Waals surface area (Å²) >= 11 is 0. The van der Waals surface area contributed by atoms with Gasteiger partial charge < -0.3 is 9.64 Å². The fourth-order valence-corrected chi connectivity index (χ4v) is 6.06. The fraction of sp³-hybridized carbons (Fsp3) is 0.429. The molecule has 1 aliphatic rings. The molecule has 2 aromatic carbocycles. The smallest absolute Gasteiger partial charge is 0.316 e. The van der Waals surface area contributed by atoms with Gasteiger partial charge in [0.15, 0.2) is 0 Å². The van der Waals surface area contributed by atoms with Crippen molar-refractivity contribution in [3.05, 3.63) is 82.8 Å². The highest BCUT2D eigenvalue weighted by Crippen LogP contribution is 2.28. The van der Waals surface area contributed by atoms with Crippen molar-refractivity contribution in [2.24, 2.45) is 0 Å². The van der Waals surface area contributed by atoms with Crippen LogP contribution < -0.4 is 15.2 Å². The van der Waals surface area contributed by atoms with E-state index in [-0.39, 0.29) is 23.2 Å². The van der Waals surface area contributed by atoms with E-state index in [4.69, 9.17) is 4.74 Å². The van der Waals surface area contributed by atoms with Crippen molar-refractivity contribution in [1.82, 2.24) is 14.1 Å². The van der Waals surface area contributed by atoms with Gasteiger partial charge in [0.1, 0.15) is 5.69 Å². The van der Waals surface area contributed by atoms with Gasteiger partial charge >= 0.3 is 5.56 Å². The first kappa shape index (κ1) is 26.9. The van der Waals surface area contributed by atoms with Gasteiger partial charge in [-0.05, 0) is 37.5 Å². The molecule has 1 fully saturated rings. The number of unbranched alkanes of at least 4 members (excludes halogenated alkanes) is 2. The molecule has 4 rings (SSSR count). The van der Waals surface area contributed by atoms with E-state index in [0.717, 1.165) is 31.2 Å². The number of benzene rings is 2. The molecule has 1 saturated heterocycles. The summed E-state index contributed by atoms with van der Waals surface area (Å²) in [6.45, 7) is 5.71. The summed E-state index contributed by atoms with van der Waals surface area (Å²) < 4.78 is 35.2. The van der Waals surface area contributed by atoms with Crippen molar-refractivity contribution in [3.8, 4) is 11.4 Å². The molecule has 1 unspecified atom stereocenters. The maximum Gasteiger partial charge on any atom is 0.316 e. The predicted octanol–water partition coefficient (Wildman–Crippen LogP) is 4.23. The molecule has 9 heteroatoms. The second-order valence-corrected chi connectivity index (χ2v) is 11.4. The van der Waals surface area contributed by atoms with Crippen molar-refractivity contribution in [2.75, 3.05) is 31.1 Å². The molecular weight excluding hydrogens is 488 g/mol. The van der Waals surface area contributed by atoms with Crippen molar-refractivity contribution in [3.63, 3.8) is 0 Å². The Morgan fingerprint density at radius 1 is 0.946 bits per heavy atom. The van der Waals surface area contributed by atoms with Crippen LogP contribution in [-0.2, 0) is 15.8 Å². The molecule has 0 N–H and O–H groups in total. The van der Waals surface area contributed by atoms with Crippen LogP contribution in [0.5, 0.6) is 5.75 Å². The molecule has 0 amide bonds. The van der Waals surface area contributed by atoms with E-state index in [0.29, 0.717) is 37.6 Å². The summed E-state index contributed by atoms with van der Waals surface area (Å²) in [6.07, 6.45) is 5.65.